The van der Waals surface area contributed by atoms with Crippen molar-refractivity contribution in [3.05, 3.63) is 12.5 Å². The van der Waals surface area contributed by atoms with Gasteiger partial charge in [-0.2, -0.15) is 4.31 Å². The van der Waals surface area contributed by atoms with Crippen LogP contribution in [0.1, 0.15) is 38.5 Å². The van der Waals surface area contributed by atoms with Crippen LogP contribution in [0.25, 0.3) is 0 Å². The molecule has 1 aliphatic carbocycles. The normalized spacial score (nSPS) is 32.5. The molecule has 0 radical (unpaired) electrons. The van der Waals surface area contributed by atoms with Crippen LogP contribution in [0, 0.1) is 5.92 Å². The van der Waals surface area contributed by atoms with Crippen LogP contribution in [-0.2, 0) is 10.0 Å². The van der Waals surface area contributed by atoms with Gasteiger partial charge in [0.2, 0.25) is 0 Å². The Hall–Kier alpha value is -0.920. The maximum Gasteiger partial charge on any atom is 0.260 e. The maximum atomic E-state index is 12.6. The average Bonchev–Trinajstić information content (AvgIpc) is 3.11. The van der Waals surface area contributed by atoms with Crippen LogP contribution in [0.5, 0.6) is 0 Å². The highest BCUT2D eigenvalue weighted by Crippen LogP contribution is 2.36. The maximum absolute atomic E-state index is 12.6. The molecule has 20 heavy (non-hydrogen) atoms. The van der Waals surface area contributed by atoms with E-state index in [1.807, 2.05) is 0 Å². The van der Waals surface area contributed by atoms with Gasteiger partial charge in [0.05, 0.1) is 18.6 Å². The summed E-state index contributed by atoms with van der Waals surface area (Å²) in [4.78, 5) is 6.49. The first-order valence-electron chi connectivity index (χ1n) is 7.29. The number of nitrogens with one attached hydrogen (secondary N) is 1. The Morgan fingerprint density at radius 1 is 1.25 bits per heavy atom. The molecule has 0 amide bonds. The number of aliphatic hydroxyl groups excluding tert-OH is 1. The molecule has 7 heteroatoms. The lowest BCUT2D eigenvalue weighted by molar-refractivity contribution is 0.0386. The first kappa shape index (κ1) is 14.0. The fourth-order valence-corrected chi connectivity index (χ4v) is 5.23. The molecule has 3 unspecified atom stereocenters. The van der Waals surface area contributed by atoms with E-state index >= 15 is 0 Å². The van der Waals surface area contributed by atoms with Gasteiger partial charge < -0.3 is 10.1 Å². The highest BCUT2D eigenvalue weighted by Gasteiger charge is 2.42. The van der Waals surface area contributed by atoms with Crippen molar-refractivity contribution >= 4 is 10.0 Å². The van der Waals surface area contributed by atoms with Gasteiger partial charge in [0, 0.05) is 18.5 Å². The van der Waals surface area contributed by atoms with Crippen LogP contribution in [0.3, 0.4) is 0 Å². The van der Waals surface area contributed by atoms with Gasteiger partial charge in [-0.3, -0.25) is 0 Å². The van der Waals surface area contributed by atoms with Crippen LogP contribution < -0.4 is 0 Å². The quantitative estimate of drug-likeness (QED) is 0.875. The number of imidazole rings is 1. The molecule has 3 atom stereocenters. The Bertz CT molecular complexity index is 543. The first-order chi connectivity index (χ1) is 9.60. The lowest BCUT2D eigenvalue weighted by Crippen LogP contribution is -2.45. The zero-order valence-corrected chi connectivity index (χ0v) is 12.2. The van der Waals surface area contributed by atoms with Crippen molar-refractivity contribution in [3.8, 4) is 0 Å². The van der Waals surface area contributed by atoms with Gasteiger partial charge in [-0.15, -0.1) is 0 Å². The highest BCUT2D eigenvalue weighted by atomic mass is 32.2. The third kappa shape index (κ3) is 2.38. The van der Waals surface area contributed by atoms with Crippen LogP contribution in [0.4, 0.5) is 0 Å². The number of aromatic amines is 1. The van der Waals surface area contributed by atoms with Gasteiger partial charge >= 0.3 is 0 Å². The van der Waals surface area contributed by atoms with E-state index in [0.29, 0.717) is 6.54 Å². The SMILES string of the molecule is O=S(=O)(c1cnc[nH]1)N1CCCC1C1CCCCC1O. The number of aromatic nitrogens is 2. The summed E-state index contributed by atoms with van der Waals surface area (Å²) in [6.45, 7) is 0.537. The molecule has 1 aromatic heterocycles. The minimum atomic E-state index is -3.51. The fourth-order valence-electron chi connectivity index (χ4n) is 3.59. The lowest BCUT2D eigenvalue weighted by Gasteiger charge is -2.36. The van der Waals surface area contributed by atoms with Gasteiger partial charge in [0.25, 0.3) is 10.0 Å². The Labute approximate surface area is 119 Å². The summed E-state index contributed by atoms with van der Waals surface area (Å²) in [5.74, 6) is 0.0731. The second-order valence-electron chi connectivity index (χ2n) is 5.76. The molecule has 1 aromatic rings. The van der Waals surface area contributed by atoms with E-state index < -0.39 is 10.0 Å². The van der Waals surface area contributed by atoms with E-state index in [0.717, 1.165) is 38.5 Å². The largest absolute Gasteiger partial charge is 0.393 e. The monoisotopic (exact) mass is 299 g/mol. The van der Waals surface area contributed by atoms with E-state index in [4.69, 9.17) is 0 Å². The van der Waals surface area contributed by atoms with Gasteiger partial charge in [0.15, 0.2) is 5.03 Å². The molecular weight excluding hydrogens is 278 g/mol. The third-order valence-electron chi connectivity index (χ3n) is 4.58. The Morgan fingerprint density at radius 3 is 2.75 bits per heavy atom. The zero-order valence-electron chi connectivity index (χ0n) is 11.4. The van der Waals surface area contributed by atoms with Crippen molar-refractivity contribution in [2.45, 2.75) is 55.7 Å². The predicted octanol–water partition coefficient (Wildman–Crippen LogP) is 1.11. The summed E-state index contributed by atoms with van der Waals surface area (Å²) < 4.78 is 26.8. The van der Waals surface area contributed by atoms with Crippen LogP contribution >= 0.6 is 0 Å². The molecule has 1 saturated carbocycles. The number of aliphatic hydroxyl groups is 1. The summed E-state index contributed by atoms with van der Waals surface area (Å²) in [6.07, 6.45) is 7.89. The molecule has 6 nitrogen and oxygen atoms in total. The van der Waals surface area contributed by atoms with Crippen LogP contribution in [-0.4, -0.2) is 46.5 Å². The van der Waals surface area contributed by atoms with E-state index in [1.54, 1.807) is 4.31 Å². The van der Waals surface area contributed by atoms with Crippen molar-refractivity contribution in [1.82, 2.24) is 14.3 Å². The van der Waals surface area contributed by atoms with Gasteiger partial charge in [-0.1, -0.05) is 12.8 Å². The van der Waals surface area contributed by atoms with Crippen molar-refractivity contribution in [2.24, 2.45) is 5.92 Å². The van der Waals surface area contributed by atoms with Crippen molar-refractivity contribution < 1.29 is 13.5 Å². The molecule has 0 bridgehead atoms. The molecule has 2 aliphatic rings. The third-order valence-corrected chi connectivity index (χ3v) is 6.43. The average molecular weight is 299 g/mol. The minimum Gasteiger partial charge on any atom is -0.393 e. The summed E-state index contributed by atoms with van der Waals surface area (Å²) in [5, 5.41) is 10.3. The van der Waals surface area contributed by atoms with E-state index in [-0.39, 0.29) is 23.1 Å². The number of hydrogen-bond acceptors (Lipinski definition) is 4. The minimum absolute atomic E-state index is 0.0707. The van der Waals surface area contributed by atoms with Crippen LogP contribution in [0.15, 0.2) is 17.6 Å². The molecule has 1 aliphatic heterocycles. The summed E-state index contributed by atoms with van der Waals surface area (Å²) in [5.41, 5.74) is 0. The summed E-state index contributed by atoms with van der Waals surface area (Å²) >= 11 is 0. The van der Waals surface area contributed by atoms with Gasteiger partial charge in [-0.25, -0.2) is 13.4 Å². The molecule has 3 rings (SSSR count). The molecular formula is C13H21N3O3S. The van der Waals surface area contributed by atoms with E-state index in [1.165, 1.54) is 12.5 Å². The standard InChI is InChI=1S/C13H21N3O3S/c17-12-6-2-1-4-10(12)11-5-3-7-16(11)20(18,19)13-8-14-9-15-13/h8-12,17H,1-7H2,(H,14,15). The second-order valence-corrected chi connectivity index (χ2v) is 7.62. The summed E-state index contributed by atoms with van der Waals surface area (Å²) in [7, 11) is -3.51. The smallest absolute Gasteiger partial charge is 0.260 e. The molecule has 1 saturated heterocycles. The first-order valence-corrected chi connectivity index (χ1v) is 8.73. The highest BCUT2D eigenvalue weighted by molar-refractivity contribution is 7.89. The van der Waals surface area contributed by atoms with Gasteiger partial charge in [0.1, 0.15) is 0 Å². The van der Waals surface area contributed by atoms with Crippen molar-refractivity contribution in [1.29, 1.82) is 0 Å². The Balaban J connectivity index is 1.85. The number of hydrogen-bond donors (Lipinski definition) is 2. The van der Waals surface area contributed by atoms with Crippen molar-refractivity contribution in [3.63, 3.8) is 0 Å². The van der Waals surface area contributed by atoms with Gasteiger partial charge in [-0.05, 0) is 25.7 Å². The molecule has 2 N–H and O–H groups in total. The molecule has 0 aromatic carbocycles. The number of rotatable bonds is 3. The molecule has 2 heterocycles. The predicted molar refractivity (Wildman–Crippen MR) is 73.5 cm³/mol. The molecule has 112 valence electrons. The van der Waals surface area contributed by atoms with Crippen LogP contribution in [0.2, 0.25) is 0 Å². The zero-order chi connectivity index (χ0) is 14.2. The lowest BCUT2D eigenvalue weighted by atomic mass is 9.81. The second kappa shape index (κ2) is 5.46. The Morgan fingerprint density at radius 2 is 2.05 bits per heavy atom. The molecule has 2 fully saturated rings. The molecule has 0 spiro atoms. The Kier molecular flexibility index (Phi) is 3.83. The number of H-pyrrole nitrogens is 1. The number of sulfonamides is 1. The topological polar surface area (TPSA) is 86.3 Å². The fraction of sp³-hybridized carbons (Fsp3) is 0.769. The number of nitrogens with zero attached hydrogens (tertiary/aromatic N) is 2. The summed E-state index contributed by atoms with van der Waals surface area (Å²) in [6, 6.07) is -0.0707. The van der Waals surface area contributed by atoms with E-state index in [2.05, 4.69) is 9.97 Å². The van der Waals surface area contributed by atoms with Crippen molar-refractivity contribution in [2.75, 3.05) is 6.54 Å². The van der Waals surface area contributed by atoms with E-state index in [9.17, 15) is 13.5 Å².